The summed E-state index contributed by atoms with van der Waals surface area (Å²) in [6.07, 6.45) is -2.30. The Balaban J connectivity index is 2.59. The average molecular weight is 228 g/mol. The van der Waals surface area contributed by atoms with E-state index in [2.05, 4.69) is 5.32 Å². The highest BCUT2D eigenvalue weighted by molar-refractivity contribution is 5.46. The van der Waals surface area contributed by atoms with Gasteiger partial charge in [0.2, 0.25) is 0 Å². The number of nitrogens with zero attached hydrogens (tertiary/aromatic N) is 1. The molecular weight excluding hydrogens is 210 g/mol. The highest BCUT2D eigenvalue weighted by Gasteiger charge is 2.08. The normalized spacial score (nSPS) is 12.9. The fraction of sp³-hybridized carbons (Fsp3) is 0.500. The number of hydrogen-bond donors (Lipinski definition) is 1. The van der Waals surface area contributed by atoms with E-state index < -0.39 is 6.43 Å². The lowest BCUT2D eigenvalue weighted by atomic mass is 10.1. The van der Waals surface area contributed by atoms with Gasteiger partial charge in [-0.15, -0.1) is 0 Å². The van der Waals surface area contributed by atoms with Crippen molar-refractivity contribution in [2.75, 3.05) is 25.5 Å². The van der Waals surface area contributed by atoms with Gasteiger partial charge >= 0.3 is 0 Å². The quantitative estimate of drug-likeness (QED) is 0.833. The van der Waals surface area contributed by atoms with Crippen LogP contribution < -0.4 is 10.2 Å². The van der Waals surface area contributed by atoms with E-state index >= 15 is 0 Å². The molecule has 0 aliphatic carbocycles. The van der Waals surface area contributed by atoms with E-state index in [0.717, 1.165) is 11.3 Å². The van der Waals surface area contributed by atoms with Crippen LogP contribution in [0, 0.1) is 0 Å². The second kappa shape index (κ2) is 5.80. The molecule has 0 bridgehead atoms. The molecule has 1 aromatic carbocycles. The van der Waals surface area contributed by atoms with Crippen molar-refractivity contribution in [2.45, 2.75) is 19.4 Å². The number of rotatable bonds is 5. The molecule has 0 fully saturated rings. The fourth-order valence-corrected chi connectivity index (χ4v) is 1.44. The predicted octanol–water partition coefficient (Wildman–Crippen LogP) is 2.67. The van der Waals surface area contributed by atoms with Gasteiger partial charge in [0.1, 0.15) is 0 Å². The van der Waals surface area contributed by atoms with Crippen molar-refractivity contribution >= 4 is 5.69 Å². The van der Waals surface area contributed by atoms with Crippen molar-refractivity contribution < 1.29 is 8.78 Å². The third-order valence-corrected chi connectivity index (χ3v) is 2.49. The van der Waals surface area contributed by atoms with Gasteiger partial charge in [-0.2, -0.15) is 0 Å². The Kier molecular flexibility index (Phi) is 4.68. The zero-order chi connectivity index (χ0) is 12.1. The molecule has 0 heterocycles. The Morgan fingerprint density at radius 2 is 1.75 bits per heavy atom. The van der Waals surface area contributed by atoms with Crippen molar-refractivity contribution in [2.24, 2.45) is 0 Å². The molecule has 0 saturated heterocycles. The minimum atomic E-state index is -2.30. The van der Waals surface area contributed by atoms with Gasteiger partial charge in [0.25, 0.3) is 6.43 Å². The number of anilines is 1. The van der Waals surface area contributed by atoms with E-state index in [1.807, 2.05) is 50.2 Å². The molecule has 0 aromatic heterocycles. The van der Waals surface area contributed by atoms with E-state index in [4.69, 9.17) is 0 Å². The summed E-state index contributed by atoms with van der Waals surface area (Å²) in [5.74, 6) is 0. The molecule has 0 aliphatic rings. The zero-order valence-corrected chi connectivity index (χ0v) is 9.87. The summed E-state index contributed by atoms with van der Waals surface area (Å²) in [7, 11) is 3.93. The molecule has 90 valence electrons. The second-order valence-corrected chi connectivity index (χ2v) is 4.01. The van der Waals surface area contributed by atoms with Gasteiger partial charge < -0.3 is 10.2 Å². The van der Waals surface area contributed by atoms with E-state index in [1.165, 1.54) is 0 Å². The third kappa shape index (κ3) is 3.77. The first kappa shape index (κ1) is 12.9. The van der Waals surface area contributed by atoms with Gasteiger partial charge in [-0.1, -0.05) is 12.1 Å². The summed E-state index contributed by atoms with van der Waals surface area (Å²) in [5.41, 5.74) is 2.12. The van der Waals surface area contributed by atoms with Crippen LogP contribution in [0.1, 0.15) is 18.5 Å². The summed E-state index contributed by atoms with van der Waals surface area (Å²) < 4.78 is 24.0. The Morgan fingerprint density at radius 3 is 2.19 bits per heavy atom. The lowest BCUT2D eigenvalue weighted by molar-refractivity contribution is 0.142. The van der Waals surface area contributed by atoms with Crippen LogP contribution in [0.15, 0.2) is 24.3 Å². The van der Waals surface area contributed by atoms with Gasteiger partial charge in [-0.05, 0) is 24.6 Å². The Hall–Kier alpha value is -1.16. The third-order valence-electron chi connectivity index (χ3n) is 2.49. The molecule has 0 aliphatic heterocycles. The van der Waals surface area contributed by atoms with Gasteiger partial charge in [-0.3, -0.25) is 0 Å². The van der Waals surface area contributed by atoms with Crippen molar-refractivity contribution in [1.29, 1.82) is 0 Å². The lowest BCUT2D eigenvalue weighted by Gasteiger charge is -2.16. The maximum Gasteiger partial charge on any atom is 0.250 e. The Morgan fingerprint density at radius 1 is 1.19 bits per heavy atom. The molecule has 1 atom stereocenters. The molecule has 0 amide bonds. The van der Waals surface area contributed by atoms with E-state index in [1.54, 1.807) is 0 Å². The number of nitrogens with one attached hydrogen (secondary N) is 1. The van der Waals surface area contributed by atoms with Crippen LogP contribution in [0.25, 0.3) is 0 Å². The number of hydrogen-bond acceptors (Lipinski definition) is 2. The molecule has 1 unspecified atom stereocenters. The van der Waals surface area contributed by atoms with Crippen LogP contribution in [0.2, 0.25) is 0 Å². The van der Waals surface area contributed by atoms with Crippen LogP contribution >= 0.6 is 0 Å². The first-order valence-electron chi connectivity index (χ1n) is 5.29. The van der Waals surface area contributed by atoms with Gasteiger partial charge in [0.05, 0.1) is 6.54 Å². The van der Waals surface area contributed by atoms with Crippen molar-refractivity contribution in [1.82, 2.24) is 5.32 Å². The Bertz CT molecular complexity index is 309. The smallest absolute Gasteiger partial charge is 0.250 e. The predicted molar refractivity (Wildman–Crippen MR) is 63.2 cm³/mol. The van der Waals surface area contributed by atoms with Crippen molar-refractivity contribution in [3.8, 4) is 0 Å². The minimum Gasteiger partial charge on any atom is -0.378 e. The van der Waals surface area contributed by atoms with Gasteiger partial charge in [-0.25, -0.2) is 8.78 Å². The van der Waals surface area contributed by atoms with Gasteiger partial charge in [0.15, 0.2) is 0 Å². The number of alkyl halides is 2. The summed E-state index contributed by atoms with van der Waals surface area (Å²) in [4.78, 5) is 2.00. The molecule has 0 radical (unpaired) electrons. The van der Waals surface area contributed by atoms with Crippen LogP contribution in [-0.4, -0.2) is 27.1 Å². The summed E-state index contributed by atoms with van der Waals surface area (Å²) in [6.45, 7) is 1.61. The van der Waals surface area contributed by atoms with E-state index in [-0.39, 0.29) is 12.6 Å². The monoisotopic (exact) mass is 228 g/mol. The zero-order valence-electron chi connectivity index (χ0n) is 9.87. The van der Waals surface area contributed by atoms with E-state index in [9.17, 15) is 8.78 Å². The van der Waals surface area contributed by atoms with Crippen LogP contribution in [0.4, 0.5) is 14.5 Å². The molecule has 1 rings (SSSR count). The maximum atomic E-state index is 12.0. The van der Waals surface area contributed by atoms with E-state index in [0.29, 0.717) is 0 Å². The van der Waals surface area contributed by atoms with Crippen LogP contribution in [0.3, 0.4) is 0 Å². The van der Waals surface area contributed by atoms with Crippen LogP contribution in [0.5, 0.6) is 0 Å². The van der Waals surface area contributed by atoms with Gasteiger partial charge in [0, 0.05) is 25.8 Å². The summed E-state index contributed by atoms with van der Waals surface area (Å²) in [5, 5.41) is 2.78. The summed E-state index contributed by atoms with van der Waals surface area (Å²) in [6, 6.07) is 7.83. The summed E-state index contributed by atoms with van der Waals surface area (Å²) >= 11 is 0. The van der Waals surface area contributed by atoms with Crippen LogP contribution in [-0.2, 0) is 0 Å². The second-order valence-electron chi connectivity index (χ2n) is 4.01. The standard InChI is InChI=1S/C12H18F2N2/c1-9(15-8-12(13)14)10-4-6-11(7-5-10)16(2)3/h4-7,9,12,15H,8H2,1-3H3. The molecule has 16 heavy (non-hydrogen) atoms. The first-order valence-corrected chi connectivity index (χ1v) is 5.29. The number of benzene rings is 1. The SMILES string of the molecule is CC(NCC(F)F)c1ccc(N(C)C)cc1. The highest BCUT2D eigenvalue weighted by atomic mass is 19.3. The molecule has 1 aromatic rings. The largest absolute Gasteiger partial charge is 0.378 e. The Labute approximate surface area is 95.3 Å². The first-order chi connectivity index (χ1) is 7.50. The maximum absolute atomic E-state index is 12.0. The highest BCUT2D eigenvalue weighted by Crippen LogP contribution is 2.17. The topological polar surface area (TPSA) is 15.3 Å². The molecular formula is C12H18F2N2. The van der Waals surface area contributed by atoms with Crippen molar-refractivity contribution in [3.05, 3.63) is 29.8 Å². The molecule has 2 nitrogen and oxygen atoms in total. The molecule has 0 saturated carbocycles. The molecule has 4 heteroatoms. The fourth-order valence-electron chi connectivity index (χ4n) is 1.44. The average Bonchev–Trinajstić information content (AvgIpc) is 2.26. The number of halogens is 2. The molecule has 0 spiro atoms. The lowest BCUT2D eigenvalue weighted by Crippen LogP contribution is -2.24. The minimum absolute atomic E-state index is 0.0507. The molecule has 1 N–H and O–H groups in total. The van der Waals surface area contributed by atoms with Crippen molar-refractivity contribution in [3.63, 3.8) is 0 Å².